The number of hydrogen-bond donors (Lipinski definition) is 3. The van der Waals surface area contributed by atoms with Gasteiger partial charge in [0.1, 0.15) is 21.1 Å². The van der Waals surface area contributed by atoms with Gasteiger partial charge in [-0.25, -0.2) is 13.8 Å². The van der Waals surface area contributed by atoms with Crippen LogP contribution in [0.4, 0.5) is 14.5 Å². The van der Waals surface area contributed by atoms with Crippen LogP contribution in [-0.4, -0.2) is 36.8 Å². The number of H-pyrrole nitrogens is 1. The van der Waals surface area contributed by atoms with Crippen molar-refractivity contribution in [2.24, 2.45) is 5.73 Å². The van der Waals surface area contributed by atoms with Crippen LogP contribution in [0.1, 0.15) is 44.9 Å². The van der Waals surface area contributed by atoms with Crippen LogP contribution in [0.25, 0.3) is 32.6 Å². The predicted octanol–water partition coefficient (Wildman–Crippen LogP) is 6.47. The molecule has 39 heavy (non-hydrogen) atoms. The third kappa shape index (κ3) is 4.86. The van der Waals surface area contributed by atoms with E-state index in [1.165, 1.54) is 12.1 Å². The van der Waals surface area contributed by atoms with Crippen molar-refractivity contribution in [2.75, 3.05) is 5.32 Å². The molecule has 4 heterocycles. The molecule has 0 aliphatic carbocycles. The van der Waals surface area contributed by atoms with Gasteiger partial charge in [-0.15, -0.1) is 11.3 Å². The van der Waals surface area contributed by atoms with Crippen LogP contribution in [0, 0.1) is 6.92 Å². The molecule has 0 saturated carbocycles. The van der Waals surface area contributed by atoms with Gasteiger partial charge in [0.25, 0.3) is 18.2 Å². The first-order chi connectivity index (χ1) is 18.6. The second kappa shape index (κ2) is 10.4. The number of amides is 2. The van der Waals surface area contributed by atoms with Crippen LogP contribution in [-0.2, 0) is 6.54 Å². The van der Waals surface area contributed by atoms with Crippen molar-refractivity contribution in [3.05, 3.63) is 68.5 Å². The maximum absolute atomic E-state index is 13.8. The van der Waals surface area contributed by atoms with E-state index in [4.69, 9.17) is 28.9 Å². The number of carbonyl (C=O) groups excluding carboxylic acids is 2. The molecule has 200 valence electrons. The minimum Gasteiger partial charge on any atom is -0.365 e. The highest BCUT2D eigenvalue weighted by Gasteiger charge is 2.27. The summed E-state index contributed by atoms with van der Waals surface area (Å²) in [5.41, 5.74) is 7.94. The molecule has 0 aliphatic rings. The topological polar surface area (TPSA) is 132 Å². The highest BCUT2D eigenvalue weighted by Crippen LogP contribution is 2.43. The maximum atomic E-state index is 13.8. The van der Waals surface area contributed by atoms with Gasteiger partial charge in [0, 0.05) is 28.8 Å². The van der Waals surface area contributed by atoms with Gasteiger partial charge in [0.15, 0.2) is 0 Å². The molecule has 2 amide bonds. The number of nitrogens with two attached hydrogens (primary N) is 1. The molecular weight excluding hydrogens is 571 g/mol. The number of hydrogen-bond acceptors (Lipinski definition) is 6. The van der Waals surface area contributed by atoms with Gasteiger partial charge in [-0.2, -0.15) is 10.2 Å². The lowest BCUT2D eigenvalue weighted by molar-refractivity contribution is 0.100. The lowest BCUT2D eigenvalue weighted by atomic mass is 10.0. The van der Waals surface area contributed by atoms with Crippen LogP contribution < -0.4 is 11.1 Å². The number of aromatic amines is 1. The van der Waals surface area contributed by atoms with E-state index >= 15 is 0 Å². The van der Waals surface area contributed by atoms with Crippen LogP contribution in [0.5, 0.6) is 0 Å². The molecule has 14 heteroatoms. The van der Waals surface area contributed by atoms with E-state index in [1.807, 2.05) is 6.92 Å². The van der Waals surface area contributed by atoms with Gasteiger partial charge >= 0.3 is 0 Å². The van der Waals surface area contributed by atoms with Gasteiger partial charge in [0.2, 0.25) is 0 Å². The summed E-state index contributed by atoms with van der Waals surface area (Å²) in [6.45, 7) is 4.26. The van der Waals surface area contributed by atoms with Crippen molar-refractivity contribution in [2.45, 2.75) is 26.8 Å². The Kier molecular flexibility index (Phi) is 7.10. The highest BCUT2D eigenvalue weighted by atomic mass is 35.5. The molecule has 0 unspecified atom stereocenters. The Labute approximate surface area is 233 Å². The number of benzene rings is 1. The summed E-state index contributed by atoms with van der Waals surface area (Å²) in [6, 6.07) is 7.65. The minimum atomic E-state index is -2.86. The summed E-state index contributed by atoms with van der Waals surface area (Å²) in [4.78, 5) is 29.8. The number of fused-ring (bicyclic) bond motifs is 1. The van der Waals surface area contributed by atoms with Gasteiger partial charge in [-0.3, -0.25) is 19.4 Å². The summed E-state index contributed by atoms with van der Waals surface area (Å²) in [6.07, 6.45) is -1.31. The average molecular weight is 590 g/mol. The molecule has 0 radical (unpaired) electrons. The van der Waals surface area contributed by atoms with Crippen LogP contribution >= 0.6 is 34.5 Å². The molecule has 0 fully saturated rings. The van der Waals surface area contributed by atoms with Crippen molar-refractivity contribution in [3.63, 3.8) is 0 Å². The molecule has 4 aromatic heterocycles. The summed E-state index contributed by atoms with van der Waals surface area (Å²) in [5, 5.41) is 14.8. The fourth-order valence-corrected chi connectivity index (χ4v) is 5.50. The third-order valence-corrected chi connectivity index (χ3v) is 7.94. The average Bonchev–Trinajstić information content (AvgIpc) is 3.62. The van der Waals surface area contributed by atoms with E-state index in [1.54, 1.807) is 36.0 Å². The predicted molar refractivity (Wildman–Crippen MR) is 147 cm³/mol. The fourth-order valence-electron chi connectivity index (χ4n) is 4.19. The molecule has 0 saturated heterocycles. The summed E-state index contributed by atoms with van der Waals surface area (Å²) in [5.74, 6) is -1.49. The quantitative estimate of drug-likeness (QED) is 0.200. The normalized spacial score (nSPS) is 11.5. The number of pyridine rings is 1. The second-order valence-electron chi connectivity index (χ2n) is 8.46. The number of anilines is 1. The van der Waals surface area contributed by atoms with Crippen LogP contribution in [0.2, 0.25) is 10.0 Å². The van der Waals surface area contributed by atoms with Crippen molar-refractivity contribution >= 4 is 62.3 Å². The standard InChI is InChI=1S/C25H19Cl2F2N7O2S/c1-3-36-10(2)13(9-31-36)12-7-17(22(28)29)32-25-19(12)20(21(39-25)23(30)37)33-24(38)18-8-16(34-35-18)11-4-5-14(26)15(27)6-11/h4-9,22H,3H2,1-2H3,(H2,30,37)(H,33,38)(H,34,35). The fraction of sp³-hybridized carbons (Fsp3) is 0.160. The Hall–Kier alpha value is -3.87. The second-order valence-corrected chi connectivity index (χ2v) is 10.3. The monoisotopic (exact) mass is 589 g/mol. The molecule has 5 rings (SSSR count). The summed E-state index contributed by atoms with van der Waals surface area (Å²) >= 11 is 12.9. The van der Waals surface area contributed by atoms with E-state index < -0.39 is 23.9 Å². The minimum absolute atomic E-state index is 0.0386. The molecule has 0 aliphatic heterocycles. The van der Waals surface area contributed by atoms with E-state index in [0.29, 0.717) is 50.1 Å². The molecule has 9 nitrogen and oxygen atoms in total. The molecule has 4 N–H and O–H groups in total. The van der Waals surface area contributed by atoms with Crippen molar-refractivity contribution in [1.29, 1.82) is 0 Å². The van der Waals surface area contributed by atoms with Gasteiger partial charge < -0.3 is 11.1 Å². The van der Waals surface area contributed by atoms with Crippen molar-refractivity contribution in [1.82, 2.24) is 25.0 Å². The summed E-state index contributed by atoms with van der Waals surface area (Å²) in [7, 11) is 0. The lowest BCUT2D eigenvalue weighted by Gasteiger charge is -2.10. The van der Waals surface area contributed by atoms with Gasteiger partial charge in [-0.1, -0.05) is 29.3 Å². The zero-order valence-corrected chi connectivity index (χ0v) is 22.7. The number of nitrogens with one attached hydrogen (secondary N) is 2. The Bertz CT molecular complexity index is 1760. The molecule has 0 atom stereocenters. The zero-order chi connectivity index (χ0) is 28.0. The number of nitrogens with zero attached hydrogens (tertiary/aromatic N) is 4. The molecule has 0 bridgehead atoms. The number of aryl methyl sites for hydroxylation is 1. The number of primary amides is 1. The Morgan fingerprint density at radius 2 is 1.95 bits per heavy atom. The largest absolute Gasteiger partial charge is 0.365 e. The number of halogens is 4. The Morgan fingerprint density at radius 1 is 1.18 bits per heavy atom. The summed E-state index contributed by atoms with van der Waals surface area (Å²) < 4.78 is 29.3. The van der Waals surface area contributed by atoms with E-state index in [0.717, 1.165) is 11.3 Å². The highest BCUT2D eigenvalue weighted by molar-refractivity contribution is 7.21. The Balaban J connectivity index is 1.63. The lowest BCUT2D eigenvalue weighted by Crippen LogP contribution is -2.17. The van der Waals surface area contributed by atoms with E-state index in [-0.39, 0.29) is 21.1 Å². The Morgan fingerprint density at radius 3 is 2.59 bits per heavy atom. The number of rotatable bonds is 7. The molecule has 0 spiro atoms. The molecule has 1 aromatic carbocycles. The van der Waals surface area contributed by atoms with Gasteiger partial charge in [0.05, 0.1) is 27.6 Å². The van der Waals surface area contributed by atoms with E-state index in [9.17, 15) is 18.4 Å². The number of thiophene rings is 1. The zero-order valence-electron chi connectivity index (χ0n) is 20.4. The molecular formula is C25H19Cl2F2N7O2S. The van der Waals surface area contributed by atoms with Gasteiger partial charge in [-0.05, 0) is 43.7 Å². The first-order valence-corrected chi connectivity index (χ1v) is 13.1. The molecule has 5 aromatic rings. The smallest absolute Gasteiger partial charge is 0.280 e. The first-order valence-electron chi connectivity index (χ1n) is 11.5. The van der Waals surface area contributed by atoms with Crippen molar-refractivity contribution in [3.8, 4) is 22.4 Å². The van der Waals surface area contributed by atoms with Crippen LogP contribution in [0.3, 0.4) is 0 Å². The SMILES string of the molecule is CCn1ncc(-c2cc(C(F)F)nc3sc(C(N)=O)c(NC(=O)c4cc(-c5ccc(Cl)c(Cl)c5)n[nH]4)c23)c1C. The van der Waals surface area contributed by atoms with E-state index in [2.05, 4.69) is 25.6 Å². The van der Waals surface area contributed by atoms with Crippen LogP contribution in [0.15, 0.2) is 36.5 Å². The number of aromatic nitrogens is 5. The number of alkyl halides is 2. The third-order valence-electron chi connectivity index (χ3n) is 6.10. The first kappa shape index (κ1) is 26.7. The maximum Gasteiger partial charge on any atom is 0.280 e. The number of carbonyl (C=O) groups is 2. The van der Waals surface area contributed by atoms with Crippen molar-refractivity contribution < 1.29 is 18.4 Å².